The maximum atomic E-state index is 11.8. The SMILES string of the molecule is O=C(NCCc1ccc2c(c1)CCCO2)c1cccs1. The van der Waals surface area contributed by atoms with Gasteiger partial charge in [-0.15, -0.1) is 11.3 Å². The summed E-state index contributed by atoms with van der Waals surface area (Å²) >= 11 is 1.47. The van der Waals surface area contributed by atoms with Crippen LogP contribution in [0, 0.1) is 0 Å². The lowest BCUT2D eigenvalue weighted by Gasteiger charge is -2.17. The molecule has 0 spiro atoms. The predicted molar refractivity (Wildman–Crippen MR) is 80.6 cm³/mol. The Labute approximate surface area is 122 Å². The molecule has 1 amide bonds. The van der Waals surface area contributed by atoms with E-state index in [1.54, 1.807) is 0 Å². The van der Waals surface area contributed by atoms with E-state index >= 15 is 0 Å². The highest BCUT2D eigenvalue weighted by atomic mass is 32.1. The number of thiophene rings is 1. The van der Waals surface area contributed by atoms with E-state index in [-0.39, 0.29) is 5.91 Å². The number of ether oxygens (including phenoxy) is 1. The van der Waals surface area contributed by atoms with Gasteiger partial charge < -0.3 is 10.1 Å². The van der Waals surface area contributed by atoms with Crippen molar-refractivity contribution in [1.82, 2.24) is 5.32 Å². The van der Waals surface area contributed by atoms with Crippen LogP contribution in [0.4, 0.5) is 0 Å². The number of carbonyl (C=O) groups is 1. The Hall–Kier alpha value is -1.81. The van der Waals surface area contributed by atoms with Crippen molar-refractivity contribution in [2.75, 3.05) is 13.2 Å². The van der Waals surface area contributed by atoms with Gasteiger partial charge in [-0.1, -0.05) is 18.2 Å². The van der Waals surface area contributed by atoms with Crippen molar-refractivity contribution in [2.24, 2.45) is 0 Å². The fourth-order valence-electron chi connectivity index (χ4n) is 2.38. The first-order valence-corrected chi connectivity index (χ1v) is 7.77. The third kappa shape index (κ3) is 3.02. The molecule has 20 heavy (non-hydrogen) atoms. The maximum Gasteiger partial charge on any atom is 0.261 e. The summed E-state index contributed by atoms with van der Waals surface area (Å²) < 4.78 is 5.60. The van der Waals surface area contributed by atoms with Crippen LogP contribution in [-0.2, 0) is 12.8 Å². The molecule has 3 rings (SSSR count). The minimum Gasteiger partial charge on any atom is -0.493 e. The van der Waals surface area contributed by atoms with Gasteiger partial charge in [-0.25, -0.2) is 0 Å². The Morgan fingerprint density at radius 1 is 1.35 bits per heavy atom. The Bertz CT molecular complexity index is 593. The fourth-order valence-corrected chi connectivity index (χ4v) is 3.02. The average Bonchev–Trinajstić information content (AvgIpc) is 3.01. The third-order valence-corrected chi connectivity index (χ3v) is 4.29. The van der Waals surface area contributed by atoms with E-state index in [0.717, 1.165) is 36.5 Å². The Morgan fingerprint density at radius 2 is 2.30 bits per heavy atom. The molecule has 104 valence electrons. The number of carbonyl (C=O) groups excluding carboxylic acids is 1. The molecular weight excluding hydrogens is 270 g/mol. The number of hydrogen-bond donors (Lipinski definition) is 1. The van der Waals surface area contributed by atoms with Crippen molar-refractivity contribution in [2.45, 2.75) is 19.3 Å². The molecule has 0 aliphatic carbocycles. The van der Waals surface area contributed by atoms with Crippen molar-refractivity contribution in [3.63, 3.8) is 0 Å². The van der Waals surface area contributed by atoms with Crippen LogP contribution in [0.1, 0.15) is 27.2 Å². The van der Waals surface area contributed by atoms with Crippen LogP contribution < -0.4 is 10.1 Å². The molecular formula is C16H17NO2S. The van der Waals surface area contributed by atoms with Gasteiger partial charge in [-0.05, 0) is 47.9 Å². The lowest BCUT2D eigenvalue weighted by molar-refractivity contribution is 0.0958. The summed E-state index contributed by atoms with van der Waals surface area (Å²) in [6, 6.07) is 10.1. The highest BCUT2D eigenvalue weighted by Gasteiger charge is 2.10. The summed E-state index contributed by atoms with van der Waals surface area (Å²) in [5.41, 5.74) is 2.54. The zero-order chi connectivity index (χ0) is 13.8. The maximum absolute atomic E-state index is 11.8. The minimum atomic E-state index is 0.0151. The molecule has 1 aromatic heterocycles. The van der Waals surface area contributed by atoms with E-state index < -0.39 is 0 Å². The highest BCUT2D eigenvalue weighted by molar-refractivity contribution is 7.12. The molecule has 0 radical (unpaired) electrons. The number of aryl methyl sites for hydroxylation is 1. The van der Waals surface area contributed by atoms with E-state index in [1.807, 2.05) is 23.6 Å². The summed E-state index contributed by atoms with van der Waals surface area (Å²) in [6.45, 7) is 1.49. The van der Waals surface area contributed by atoms with Crippen LogP contribution >= 0.6 is 11.3 Å². The second-order valence-electron chi connectivity index (χ2n) is 4.88. The van der Waals surface area contributed by atoms with Gasteiger partial charge in [0.25, 0.3) is 5.91 Å². The molecule has 2 aromatic rings. The molecule has 0 fully saturated rings. The topological polar surface area (TPSA) is 38.3 Å². The van der Waals surface area contributed by atoms with E-state index in [9.17, 15) is 4.79 Å². The van der Waals surface area contributed by atoms with Crippen LogP contribution in [0.3, 0.4) is 0 Å². The van der Waals surface area contributed by atoms with Gasteiger partial charge in [0.15, 0.2) is 0 Å². The molecule has 1 aliphatic heterocycles. The van der Waals surface area contributed by atoms with Crippen molar-refractivity contribution in [1.29, 1.82) is 0 Å². The number of amides is 1. The molecule has 0 unspecified atom stereocenters. The quantitative estimate of drug-likeness (QED) is 0.938. The second-order valence-corrected chi connectivity index (χ2v) is 5.82. The number of hydrogen-bond acceptors (Lipinski definition) is 3. The smallest absolute Gasteiger partial charge is 0.261 e. The Morgan fingerprint density at radius 3 is 3.15 bits per heavy atom. The predicted octanol–water partition coefficient (Wildman–Crippen LogP) is 3.05. The molecule has 3 nitrogen and oxygen atoms in total. The van der Waals surface area contributed by atoms with Gasteiger partial charge in [0.05, 0.1) is 11.5 Å². The van der Waals surface area contributed by atoms with Crippen LogP contribution in [-0.4, -0.2) is 19.1 Å². The van der Waals surface area contributed by atoms with Gasteiger partial charge in [0.2, 0.25) is 0 Å². The first kappa shape index (κ1) is 13.2. The summed E-state index contributed by atoms with van der Waals surface area (Å²) in [4.78, 5) is 12.6. The highest BCUT2D eigenvalue weighted by Crippen LogP contribution is 2.25. The summed E-state index contributed by atoms with van der Waals surface area (Å²) in [5.74, 6) is 1.03. The van der Waals surface area contributed by atoms with Crippen LogP contribution in [0.5, 0.6) is 5.75 Å². The third-order valence-electron chi connectivity index (χ3n) is 3.42. The second kappa shape index (κ2) is 6.09. The lowest BCUT2D eigenvalue weighted by atomic mass is 10.0. The molecule has 2 heterocycles. The lowest BCUT2D eigenvalue weighted by Crippen LogP contribution is -2.24. The van der Waals surface area contributed by atoms with Crippen molar-refractivity contribution >= 4 is 17.2 Å². The molecule has 0 atom stereocenters. The van der Waals surface area contributed by atoms with Crippen LogP contribution in [0.2, 0.25) is 0 Å². The fraction of sp³-hybridized carbons (Fsp3) is 0.312. The molecule has 0 saturated carbocycles. The van der Waals surface area contributed by atoms with Gasteiger partial charge in [0.1, 0.15) is 5.75 Å². The Kier molecular flexibility index (Phi) is 4.02. The monoisotopic (exact) mass is 287 g/mol. The van der Waals surface area contributed by atoms with E-state index in [2.05, 4.69) is 17.4 Å². The Balaban J connectivity index is 1.55. The number of benzene rings is 1. The summed E-state index contributed by atoms with van der Waals surface area (Å²) in [6.07, 6.45) is 3.03. The minimum absolute atomic E-state index is 0.0151. The zero-order valence-electron chi connectivity index (χ0n) is 11.2. The average molecular weight is 287 g/mol. The first-order valence-electron chi connectivity index (χ1n) is 6.89. The van der Waals surface area contributed by atoms with Crippen molar-refractivity contribution < 1.29 is 9.53 Å². The van der Waals surface area contributed by atoms with Gasteiger partial charge in [-0.2, -0.15) is 0 Å². The van der Waals surface area contributed by atoms with E-state index in [1.165, 1.54) is 22.5 Å². The molecule has 1 aromatic carbocycles. The van der Waals surface area contributed by atoms with Gasteiger partial charge in [-0.3, -0.25) is 4.79 Å². The summed E-state index contributed by atoms with van der Waals surface area (Å²) in [7, 11) is 0. The standard InChI is InChI=1S/C16H17NO2S/c18-16(15-4-2-10-20-15)17-8-7-12-5-6-14-13(11-12)3-1-9-19-14/h2,4-6,10-11H,1,3,7-9H2,(H,17,18). The van der Waals surface area contributed by atoms with E-state index in [0.29, 0.717) is 6.54 Å². The number of fused-ring (bicyclic) bond motifs is 1. The van der Waals surface area contributed by atoms with Crippen LogP contribution in [0.25, 0.3) is 0 Å². The van der Waals surface area contributed by atoms with Gasteiger partial charge >= 0.3 is 0 Å². The summed E-state index contributed by atoms with van der Waals surface area (Å²) in [5, 5.41) is 4.87. The number of nitrogens with one attached hydrogen (secondary N) is 1. The van der Waals surface area contributed by atoms with Gasteiger partial charge in [0, 0.05) is 6.54 Å². The number of rotatable bonds is 4. The van der Waals surface area contributed by atoms with Crippen molar-refractivity contribution in [3.05, 3.63) is 51.7 Å². The molecule has 1 aliphatic rings. The largest absolute Gasteiger partial charge is 0.493 e. The first-order chi connectivity index (χ1) is 9.83. The molecule has 4 heteroatoms. The molecule has 0 saturated heterocycles. The molecule has 1 N–H and O–H groups in total. The molecule has 0 bridgehead atoms. The normalized spacial score (nSPS) is 13.4. The van der Waals surface area contributed by atoms with Crippen LogP contribution in [0.15, 0.2) is 35.7 Å². The van der Waals surface area contributed by atoms with E-state index in [4.69, 9.17) is 4.74 Å². The zero-order valence-corrected chi connectivity index (χ0v) is 12.0. The van der Waals surface area contributed by atoms with Crippen molar-refractivity contribution in [3.8, 4) is 5.75 Å².